The lowest BCUT2D eigenvalue weighted by atomic mass is 10.1. The highest BCUT2D eigenvalue weighted by Crippen LogP contribution is 2.25. The molecular formula is C22H25ClN4O2S. The van der Waals surface area contributed by atoms with Crippen LogP contribution in [0.3, 0.4) is 0 Å². The molecule has 3 aromatic rings. The van der Waals surface area contributed by atoms with Crippen LogP contribution in [-0.4, -0.2) is 51.5 Å². The average molecular weight is 445 g/mol. The third-order valence-corrected chi connectivity index (χ3v) is 5.79. The second kappa shape index (κ2) is 10.00. The van der Waals surface area contributed by atoms with Crippen molar-refractivity contribution in [2.75, 3.05) is 26.0 Å². The highest BCUT2D eigenvalue weighted by atomic mass is 35.5. The Bertz CT molecular complexity index is 1040. The summed E-state index contributed by atoms with van der Waals surface area (Å²) < 4.78 is 7.67. The molecule has 0 N–H and O–H groups in total. The van der Waals surface area contributed by atoms with Crippen LogP contribution in [0.25, 0.3) is 5.69 Å². The number of ether oxygens (including phenoxy) is 1. The van der Waals surface area contributed by atoms with Crippen LogP contribution in [-0.2, 0) is 4.79 Å². The molecule has 2 aromatic carbocycles. The van der Waals surface area contributed by atoms with Crippen molar-refractivity contribution >= 4 is 29.3 Å². The van der Waals surface area contributed by atoms with Gasteiger partial charge >= 0.3 is 0 Å². The summed E-state index contributed by atoms with van der Waals surface area (Å²) >= 11 is 7.34. The number of aromatic nitrogens is 3. The Labute approximate surface area is 186 Å². The fourth-order valence-corrected chi connectivity index (χ4v) is 4.00. The second-order valence-corrected chi connectivity index (χ2v) is 8.44. The summed E-state index contributed by atoms with van der Waals surface area (Å²) in [6.45, 7) is 6.90. The SMILES string of the molecule is Cc1ccc(C)c(-n2c(C)nnc2SCC(=O)N(C)CCOc2cccc(Cl)c2)c1. The Hall–Kier alpha value is -2.51. The maximum absolute atomic E-state index is 12.6. The number of benzene rings is 2. The molecule has 30 heavy (non-hydrogen) atoms. The molecule has 8 heteroatoms. The first-order valence-corrected chi connectivity index (χ1v) is 11.0. The molecule has 0 saturated carbocycles. The lowest BCUT2D eigenvalue weighted by Crippen LogP contribution is -2.32. The molecule has 1 heterocycles. The number of nitrogens with zero attached hydrogens (tertiary/aromatic N) is 4. The van der Waals surface area contributed by atoms with Crippen LogP contribution in [0.2, 0.25) is 5.02 Å². The summed E-state index contributed by atoms with van der Waals surface area (Å²) in [5.74, 6) is 1.76. The lowest BCUT2D eigenvalue weighted by Gasteiger charge is -2.17. The summed E-state index contributed by atoms with van der Waals surface area (Å²) in [7, 11) is 1.77. The summed E-state index contributed by atoms with van der Waals surface area (Å²) in [5.41, 5.74) is 3.33. The Morgan fingerprint density at radius 1 is 1.17 bits per heavy atom. The zero-order valence-corrected chi connectivity index (χ0v) is 19.1. The van der Waals surface area contributed by atoms with Crippen LogP contribution < -0.4 is 4.74 Å². The third kappa shape index (κ3) is 5.55. The van der Waals surface area contributed by atoms with Crippen molar-refractivity contribution in [3.05, 3.63) is 64.4 Å². The Balaban J connectivity index is 1.58. The zero-order chi connectivity index (χ0) is 21.7. The first kappa shape index (κ1) is 22.2. The van der Waals surface area contributed by atoms with E-state index in [0.717, 1.165) is 22.6 Å². The van der Waals surface area contributed by atoms with E-state index in [1.54, 1.807) is 24.1 Å². The number of aryl methyl sites for hydroxylation is 3. The summed E-state index contributed by atoms with van der Waals surface area (Å²) in [6, 6.07) is 13.5. The molecule has 0 fully saturated rings. The molecule has 0 unspecified atom stereocenters. The molecule has 1 amide bonds. The first-order valence-electron chi connectivity index (χ1n) is 9.60. The largest absolute Gasteiger partial charge is 0.492 e. The van der Waals surface area contributed by atoms with Gasteiger partial charge in [0.25, 0.3) is 0 Å². The number of amides is 1. The maximum Gasteiger partial charge on any atom is 0.232 e. The summed E-state index contributed by atoms with van der Waals surface area (Å²) in [4.78, 5) is 14.2. The van der Waals surface area contributed by atoms with Crippen LogP contribution >= 0.6 is 23.4 Å². The van der Waals surface area contributed by atoms with E-state index in [2.05, 4.69) is 42.2 Å². The second-order valence-electron chi connectivity index (χ2n) is 7.06. The number of carbonyl (C=O) groups is 1. The van der Waals surface area contributed by atoms with Gasteiger partial charge in [-0.15, -0.1) is 10.2 Å². The van der Waals surface area contributed by atoms with Crippen molar-refractivity contribution in [3.8, 4) is 11.4 Å². The molecule has 0 spiro atoms. The monoisotopic (exact) mass is 444 g/mol. The molecule has 6 nitrogen and oxygen atoms in total. The Morgan fingerprint density at radius 3 is 2.73 bits per heavy atom. The van der Waals surface area contributed by atoms with Gasteiger partial charge in [0.2, 0.25) is 5.91 Å². The van der Waals surface area contributed by atoms with E-state index in [0.29, 0.717) is 29.1 Å². The van der Waals surface area contributed by atoms with Crippen molar-refractivity contribution in [1.29, 1.82) is 0 Å². The Kier molecular flexibility index (Phi) is 7.39. The number of rotatable bonds is 8. The van der Waals surface area contributed by atoms with Crippen molar-refractivity contribution < 1.29 is 9.53 Å². The van der Waals surface area contributed by atoms with E-state index in [1.807, 2.05) is 23.6 Å². The van der Waals surface area contributed by atoms with E-state index in [4.69, 9.17) is 16.3 Å². The standard InChI is InChI=1S/C22H25ClN4O2S/c1-15-8-9-16(2)20(12-15)27-17(3)24-25-22(27)30-14-21(28)26(4)10-11-29-19-7-5-6-18(23)13-19/h5-9,12-13H,10-11,14H2,1-4H3. The van der Waals surface area contributed by atoms with Crippen LogP contribution in [0.5, 0.6) is 5.75 Å². The van der Waals surface area contributed by atoms with Crippen LogP contribution in [0.4, 0.5) is 0 Å². The van der Waals surface area contributed by atoms with Gasteiger partial charge in [-0.1, -0.05) is 41.6 Å². The first-order chi connectivity index (χ1) is 14.3. The van der Waals surface area contributed by atoms with Crippen molar-refractivity contribution in [2.45, 2.75) is 25.9 Å². The molecule has 0 saturated heterocycles. The maximum atomic E-state index is 12.6. The van der Waals surface area contributed by atoms with E-state index >= 15 is 0 Å². The number of hydrogen-bond donors (Lipinski definition) is 0. The lowest BCUT2D eigenvalue weighted by molar-refractivity contribution is -0.127. The molecule has 0 atom stereocenters. The molecule has 3 rings (SSSR count). The highest BCUT2D eigenvalue weighted by Gasteiger charge is 2.16. The number of thioether (sulfide) groups is 1. The summed E-state index contributed by atoms with van der Waals surface area (Å²) in [5, 5.41) is 9.81. The van der Waals surface area contributed by atoms with Crippen LogP contribution in [0.15, 0.2) is 47.6 Å². The molecule has 1 aromatic heterocycles. The van der Waals surface area contributed by atoms with Gasteiger partial charge in [0.1, 0.15) is 18.2 Å². The molecule has 0 aliphatic heterocycles. The number of halogens is 1. The predicted molar refractivity (Wildman–Crippen MR) is 121 cm³/mol. The van der Waals surface area contributed by atoms with E-state index in [-0.39, 0.29) is 11.7 Å². The fourth-order valence-electron chi connectivity index (χ4n) is 2.89. The van der Waals surface area contributed by atoms with Gasteiger partial charge in [-0.2, -0.15) is 0 Å². The average Bonchev–Trinajstić information content (AvgIpc) is 3.08. The minimum Gasteiger partial charge on any atom is -0.492 e. The minimum atomic E-state index is 0.00265. The number of carbonyl (C=O) groups excluding carboxylic acids is 1. The zero-order valence-electron chi connectivity index (χ0n) is 17.6. The molecule has 0 radical (unpaired) electrons. The van der Waals surface area contributed by atoms with Crippen molar-refractivity contribution in [3.63, 3.8) is 0 Å². The number of hydrogen-bond acceptors (Lipinski definition) is 5. The normalized spacial score (nSPS) is 10.8. The molecule has 158 valence electrons. The molecule has 0 bridgehead atoms. The fraction of sp³-hybridized carbons (Fsp3) is 0.318. The van der Waals surface area contributed by atoms with Gasteiger partial charge < -0.3 is 9.64 Å². The van der Waals surface area contributed by atoms with Crippen molar-refractivity contribution in [1.82, 2.24) is 19.7 Å². The third-order valence-electron chi connectivity index (χ3n) is 4.64. The number of likely N-dealkylation sites (N-methyl/N-ethyl adjacent to an activating group) is 1. The minimum absolute atomic E-state index is 0.00265. The van der Waals surface area contributed by atoms with Crippen molar-refractivity contribution in [2.24, 2.45) is 0 Å². The van der Waals surface area contributed by atoms with E-state index < -0.39 is 0 Å². The van der Waals surface area contributed by atoms with Gasteiger partial charge in [0.15, 0.2) is 5.16 Å². The van der Waals surface area contributed by atoms with Gasteiger partial charge in [-0.05, 0) is 56.2 Å². The summed E-state index contributed by atoms with van der Waals surface area (Å²) in [6.07, 6.45) is 0. The topological polar surface area (TPSA) is 60.2 Å². The predicted octanol–water partition coefficient (Wildman–Crippen LogP) is 4.48. The van der Waals surface area contributed by atoms with Crippen LogP contribution in [0.1, 0.15) is 17.0 Å². The quantitative estimate of drug-likeness (QED) is 0.479. The van der Waals surface area contributed by atoms with E-state index in [9.17, 15) is 4.79 Å². The van der Waals surface area contributed by atoms with Crippen LogP contribution in [0, 0.1) is 20.8 Å². The highest BCUT2D eigenvalue weighted by molar-refractivity contribution is 7.99. The molecular weight excluding hydrogens is 420 g/mol. The van der Waals surface area contributed by atoms with Gasteiger partial charge in [0.05, 0.1) is 18.0 Å². The Morgan fingerprint density at radius 2 is 1.97 bits per heavy atom. The molecule has 0 aliphatic carbocycles. The van der Waals surface area contributed by atoms with E-state index in [1.165, 1.54) is 11.8 Å². The van der Waals surface area contributed by atoms with Gasteiger partial charge in [-0.3, -0.25) is 9.36 Å². The van der Waals surface area contributed by atoms with Gasteiger partial charge in [0, 0.05) is 12.1 Å². The van der Waals surface area contributed by atoms with Gasteiger partial charge in [-0.25, -0.2) is 0 Å². The smallest absolute Gasteiger partial charge is 0.232 e. The molecule has 0 aliphatic rings.